The molecule has 0 saturated carbocycles. The first-order valence-corrected chi connectivity index (χ1v) is 7.13. The van der Waals surface area contributed by atoms with Gasteiger partial charge >= 0.3 is 0 Å². The highest BCUT2D eigenvalue weighted by Gasteiger charge is 2.14. The number of amides is 1. The van der Waals surface area contributed by atoms with Crippen molar-refractivity contribution in [1.29, 1.82) is 0 Å². The summed E-state index contributed by atoms with van der Waals surface area (Å²) in [6, 6.07) is 3.51. The zero-order chi connectivity index (χ0) is 13.8. The molecule has 102 valence electrons. The second-order valence-corrected chi connectivity index (χ2v) is 5.45. The van der Waals surface area contributed by atoms with Crippen molar-refractivity contribution < 1.29 is 22.8 Å². The summed E-state index contributed by atoms with van der Waals surface area (Å²) >= 11 is -1.34. The SMILES string of the molecule is O=C(NCC(O)COS(=O)[O-])c1ccc(C2=C=C2)s1. The maximum atomic E-state index is 11.7. The minimum absolute atomic E-state index is 0.0792. The van der Waals surface area contributed by atoms with E-state index in [0.29, 0.717) is 4.88 Å². The van der Waals surface area contributed by atoms with Crippen LogP contribution < -0.4 is 5.32 Å². The summed E-state index contributed by atoms with van der Waals surface area (Å²) in [5.41, 5.74) is 3.93. The highest BCUT2D eigenvalue weighted by atomic mass is 32.2. The van der Waals surface area contributed by atoms with E-state index in [2.05, 4.69) is 15.2 Å². The van der Waals surface area contributed by atoms with Gasteiger partial charge < -0.3 is 15.0 Å². The molecular weight excluding hydrogens is 290 g/mol. The summed E-state index contributed by atoms with van der Waals surface area (Å²) in [4.78, 5) is 13.2. The highest BCUT2D eigenvalue weighted by Crippen LogP contribution is 2.29. The molecule has 1 aliphatic rings. The van der Waals surface area contributed by atoms with Crippen molar-refractivity contribution in [3.8, 4) is 0 Å². The van der Waals surface area contributed by atoms with Crippen LogP contribution in [0.5, 0.6) is 0 Å². The van der Waals surface area contributed by atoms with Crippen molar-refractivity contribution >= 4 is 34.2 Å². The zero-order valence-electron chi connectivity index (χ0n) is 9.62. The van der Waals surface area contributed by atoms with Crippen LogP contribution in [0, 0.1) is 0 Å². The average Bonchev–Trinajstić information content (AvgIpc) is 3.11. The fourth-order valence-electron chi connectivity index (χ4n) is 1.27. The molecule has 1 aromatic heterocycles. The monoisotopic (exact) mass is 300 g/mol. The lowest BCUT2D eigenvalue weighted by Crippen LogP contribution is -2.34. The van der Waals surface area contributed by atoms with E-state index in [9.17, 15) is 18.7 Å². The number of carbonyl (C=O) groups is 1. The predicted octanol–water partition coefficient (Wildman–Crippen LogP) is 0.202. The molecule has 0 aromatic carbocycles. The molecule has 2 unspecified atom stereocenters. The van der Waals surface area contributed by atoms with Crippen LogP contribution in [0.2, 0.25) is 0 Å². The standard InChI is InChI=1S/C11H11NO5S2/c13-8(6-17-19(15)16)5-12-11(14)10-4-3-9(18-10)7-1-2-7/h1,3-4,8,13H,5-6H2,(H,12,14)(H,15,16)/p-1. The van der Waals surface area contributed by atoms with Crippen molar-refractivity contribution in [3.05, 3.63) is 33.7 Å². The van der Waals surface area contributed by atoms with Gasteiger partial charge in [-0.2, -0.15) is 0 Å². The second-order valence-electron chi connectivity index (χ2n) is 3.72. The van der Waals surface area contributed by atoms with Gasteiger partial charge in [-0.15, -0.1) is 17.1 Å². The van der Waals surface area contributed by atoms with E-state index in [-0.39, 0.29) is 19.1 Å². The van der Waals surface area contributed by atoms with Crippen LogP contribution in [-0.2, 0) is 15.5 Å². The molecule has 2 N–H and O–H groups in total. The van der Waals surface area contributed by atoms with E-state index in [0.717, 1.165) is 10.5 Å². The Kier molecular flexibility index (Phi) is 4.65. The highest BCUT2D eigenvalue weighted by molar-refractivity contribution is 7.74. The van der Waals surface area contributed by atoms with Crippen LogP contribution >= 0.6 is 11.3 Å². The lowest BCUT2D eigenvalue weighted by atomic mass is 10.3. The largest absolute Gasteiger partial charge is 0.750 e. The van der Waals surface area contributed by atoms with Gasteiger partial charge in [-0.3, -0.25) is 8.98 Å². The van der Waals surface area contributed by atoms with Gasteiger partial charge in [0, 0.05) is 17.0 Å². The maximum Gasteiger partial charge on any atom is 0.261 e. The second kappa shape index (κ2) is 6.25. The molecule has 6 nitrogen and oxygen atoms in total. The summed E-state index contributed by atoms with van der Waals surface area (Å²) in [5.74, 6) is -0.320. The van der Waals surface area contributed by atoms with Gasteiger partial charge in [0.05, 0.1) is 28.9 Å². The molecule has 2 atom stereocenters. The lowest BCUT2D eigenvalue weighted by Gasteiger charge is -2.12. The van der Waals surface area contributed by atoms with E-state index < -0.39 is 17.5 Å². The molecule has 0 aliphatic heterocycles. The summed E-state index contributed by atoms with van der Waals surface area (Å²) in [5, 5.41) is 11.9. The Morgan fingerprint density at radius 3 is 3.00 bits per heavy atom. The van der Waals surface area contributed by atoms with Crippen LogP contribution in [0.15, 0.2) is 23.9 Å². The molecule has 0 fully saturated rings. The Morgan fingerprint density at radius 1 is 1.63 bits per heavy atom. The molecule has 0 spiro atoms. The van der Waals surface area contributed by atoms with Gasteiger partial charge in [-0.25, -0.2) is 4.21 Å². The summed E-state index contributed by atoms with van der Waals surface area (Å²) in [6.45, 7) is -0.465. The first-order chi connectivity index (χ1) is 9.06. The molecule has 0 bridgehead atoms. The summed E-state index contributed by atoms with van der Waals surface area (Å²) in [6.07, 6.45) is 0.756. The number of rotatable bonds is 7. The summed E-state index contributed by atoms with van der Waals surface area (Å²) < 4.78 is 24.4. The van der Waals surface area contributed by atoms with E-state index in [4.69, 9.17) is 0 Å². The Morgan fingerprint density at radius 2 is 2.37 bits per heavy atom. The number of nitrogens with one attached hydrogen (secondary N) is 1. The topological polar surface area (TPSA) is 98.7 Å². The predicted molar refractivity (Wildman–Crippen MR) is 69.0 cm³/mol. The van der Waals surface area contributed by atoms with Gasteiger partial charge in [0.1, 0.15) is 0 Å². The van der Waals surface area contributed by atoms with Gasteiger partial charge in [0.25, 0.3) is 5.91 Å². The zero-order valence-corrected chi connectivity index (χ0v) is 11.3. The first-order valence-electron chi connectivity index (χ1n) is 5.32. The minimum Gasteiger partial charge on any atom is -0.750 e. The fraction of sp³-hybridized carbons (Fsp3) is 0.273. The molecular formula is C11H10NO5S2-. The number of carbonyl (C=O) groups excluding carboxylic acids is 1. The van der Waals surface area contributed by atoms with Crippen LogP contribution in [0.1, 0.15) is 14.5 Å². The Labute approximate surface area is 115 Å². The molecule has 1 heterocycles. The minimum atomic E-state index is -2.67. The number of hydrogen-bond acceptors (Lipinski definition) is 6. The number of aliphatic hydroxyl groups is 1. The molecule has 2 rings (SSSR count). The Bertz CT molecular complexity index is 573. The molecule has 0 saturated heterocycles. The van der Waals surface area contributed by atoms with E-state index >= 15 is 0 Å². The van der Waals surface area contributed by atoms with Crippen molar-refractivity contribution in [2.24, 2.45) is 0 Å². The molecule has 0 radical (unpaired) electrons. The maximum absolute atomic E-state index is 11.7. The van der Waals surface area contributed by atoms with Crippen molar-refractivity contribution in [1.82, 2.24) is 5.32 Å². The first kappa shape index (κ1) is 14.1. The average molecular weight is 300 g/mol. The molecule has 8 heteroatoms. The van der Waals surface area contributed by atoms with Crippen LogP contribution in [0.25, 0.3) is 5.57 Å². The third-order valence-corrected chi connectivity index (χ3v) is 3.68. The number of aliphatic hydroxyl groups excluding tert-OH is 1. The van der Waals surface area contributed by atoms with Crippen molar-refractivity contribution in [2.75, 3.05) is 13.2 Å². The van der Waals surface area contributed by atoms with Gasteiger partial charge in [-0.05, 0) is 18.2 Å². The Balaban J connectivity index is 1.76. The normalized spacial score (nSPS) is 15.8. The quantitative estimate of drug-likeness (QED) is 0.554. The number of hydrogen-bond donors (Lipinski definition) is 2. The molecule has 1 aromatic rings. The van der Waals surface area contributed by atoms with E-state index in [1.807, 2.05) is 12.1 Å². The van der Waals surface area contributed by atoms with E-state index in [1.54, 1.807) is 6.07 Å². The fourth-order valence-corrected chi connectivity index (χ4v) is 2.44. The number of allylic oxidation sites excluding steroid dienone is 1. The number of thiophene rings is 1. The van der Waals surface area contributed by atoms with Crippen LogP contribution in [0.3, 0.4) is 0 Å². The van der Waals surface area contributed by atoms with Crippen molar-refractivity contribution in [2.45, 2.75) is 6.10 Å². The van der Waals surface area contributed by atoms with Gasteiger partial charge in [0.15, 0.2) is 0 Å². The van der Waals surface area contributed by atoms with E-state index in [1.165, 1.54) is 11.3 Å². The van der Waals surface area contributed by atoms with Gasteiger partial charge in [-0.1, -0.05) is 0 Å². The van der Waals surface area contributed by atoms with Gasteiger partial charge in [0.2, 0.25) is 0 Å². The third-order valence-electron chi connectivity index (χ3n) is 2.24. The molecule has 1 amide bonds. The van der Waals surface area contributed by atoms with Crippen LogP contribution in [0.4, 0.5) is 0 Å². The Hall–Kier alpha value is -1.28. The summed E-state index contributed by atoms with van der Waals surface area (Å²) in [7, 11) is 0. The van der Waals surface area contributed by atoms with Crippen molar-refractivity contribution in [3.63, 3.8) is 0 Å². The van der Waals surface area contributed by atoms with Crippen LogP contribution in [-0.4, -0.2) is 39.0 Å². The molecule has 1 aliphatic carbocycles. The third kappa shape index (κ3) is 4.39. The lowest BCUT2D eigenvalue weighted by molar-refractivity contribution is 0.0852. The smallest absolute Gasteiger partial charge is 0.261 e. The molecule has 19 heavy (non-hydrogen) atoms.